The summed E-state index contributed by atoms with van der Waals surface area (Å²) in [6.07, 6.45) is 4.13. The Balaban J connectivity index is 2.06. The summed E-state index contributed by atoms with van der Waals surface area (Å²) >= 11 is 1.43. The third-order valence-electron chi connectivity index (χ3n) is 2.43. The summed E-state index contributed by atoms with van der Waals surface area (Å²) in [5, 5.41) is 10.9. The van der Waals surface area contributed by atoms with Gasteiger partial charge in [0.25, 0.3) is 0 Å². The van der Waals surface area contributed by atoms with Crippen LogP contribution < -0.4 is 4.74 Å². The zero-order chi connectivity index (χ0) is 13.2. The molecule has 19 heavy (non-hydrogen) atoms. The van der Waals surface area contributed by atoms with E-state index in [1.165, 1.54) is 36.1 Å². The Morgan fingerprint density at radius 3 is 3.05 bits per heavy atom. The van der Waals surface area contributed by atoms with Gasteiger partial charge in [0, 0.05) is 6.20 Å². The molecule has 3 aromatic heterocycles. The van der Waals surface area contributed by atoms with Crippen LogP contribution in [0.25, 0.3) is 10.2 Å². The smallest absolute Gasteiger partial charge is 0.339 e. The van der Waals surface area contributed by atoms with Gasteiger partial charge >= 0.3 is 5.97 Å². The van der Waals surface area contributed by atoms with Crippen LogP contribution in [0.5, 0.6) is 11.6 Å². The van der Waals surface area contributed by atoms with Crippen molar-refractivity contribution in [2.24, 2.45) is 0 Å². The molecule has 94 valence electrons. The second kappa shape index (κ2) is 4.62. The lowest BCUT2D eigenvalue weighted by Gasteiger charge is -2.07. The number of thiophene rings is 1. The number of carboxylic acids is 1. The second-order valence-corrected chi connectivity index (χ2v) is 4.51. The van der Waals surface area contributed by atoms with Crippen LogP contribution in [-0.4, -0.2) is 26.0 Å². The maximum Gasteiger partial charge on any atom is 0.339 e. The normalized spacial score (nSPS) is 10.5. The van der Waals surface area contributed by atoms with E-state index in [9.17, 15) is 4.79 Å². The predicted octanol–water partition coefficient (Wildman–Crippen LogP) is 2.58. The predicted molar refractivity (Wildman–Crippen MR) is 68.7 cm³/mol. The molecule has 0 aliphatic carbocycles. The molecule has 0 amide bonds. The van der Waals surface area contributed by atoms with Gasteiger partial charge in [-0.05, 0) is 17.5 Å². The molecule has 0 saturated carbocycles. The van der Waals surface area contributed by atoms with Crippen molar-refractivity contribution in [2.45, 2.75) is 0 Å². The number of ether oxygens (including phenoxy) is 1. The summed E-state index contributed by atoms with van der Waals surface area (Å²) in [5.41, 5.74) is 0.800. The minimum atomic E-state index is -1.08. The molecule has 7 heteroatoms. The number of nitrogens with zero attached hydrogens (tertiary/aromatic N) is 3. The van der Waals surface area contributed by atoms with Gasteiger partial charge in [-0.25, -0.2) is 14.8 Å². The van der Waals surface area contributed by atoms with E-state index in [-0.39, 0.29) is 11.3 Å². The number of fused-ring (bicyclic) bond motifs is 1. The number of carboxylic acid groups (broad SMARTS) is 1. The topological polar surface area (TPSA) is 85.2 Å². The zero-order valence-electron chi connectivity index (χ0n) is 9.48. The van der Waals surface area contributed by atoms with Crippen LogP contribution in [0, 0.1) is 0 Å². The monoisotopic (exact) mass is 273 g/mol. The van der Waals surface area contributed by atoms with Crippen LogP contribution in [-0.2, 0) is 0 Å². The van der Waals surface area contributed by atoms with E-state index >= 15 is 0 Å². The fourth-order valence-corrected chi connectivity index (χ4v) is 2.35. The lowest BCUT2D eigenvalue weighted by atomic mass is 10.2. The van der Waals surface area contributed by atoms with E-state index in [1.807, 2.05) is 11.4 Å². The number of aromatic carboxylic acids is 1. The number of rotatable bonds is 3. The molecule has 6 nitrogen and oxygen atoms in total. The quantitative estimate of drug-likeness (QED) is 0.789. The average molecular weight is 273 g/mol. The van der Waals surface area contributed by atoms with Crippen molar-refractivity contribution in [3.05, 3.63) is 41.8 Å². The maximum atomic E-state index is 11.1. The Morgan fingerprint density at radius 1 is 1.32 bits per heavy atom. The summed E-state index contributed by atoms with van der Waals surface area (Å²) in [7, 11) is 0. The molecule has 0 radical (unpaired) electrons. The Labute approximate surface area is 111 Å². The first-order valence-electron chi connectivity index (χ1n) is 5.29. The van der Waals surface area contributed by atoms with E-state index in [2.05, 4.69) is 15.0 Å². The summed E-state index contributed by atoms with van der Waals surface area (Å²) in [6.45, 7) is 0. The average Bonchev–Trinajstić information content (AvgIpc) is 2.88. The lowest BCUT2D eigenvalue weighted by Crippen LogP contribution is -2.01. The molecular formula is C12H7N3O3S. The number of pyridine rings is 1. The molecule has 0 bridgehead atoms. The van der Waals surface area contributed by atoms with E-state index in [1.54, 1.807) is 0 Å². The third-order valence-corrected chi connectivity index (χ3v) is 3.32. The molecule has 0 unspecified atom stereocenters. The zero-order valence-corrected chi connectivity index (χ0v) is 10.3. The Kier molecular flexibility index (Phi) is 2.81. The molecule has 1 N–H and O–H groups in total. The molecule has 0 aliphatic rings. The molecule has 3 heterocycles. The summed E-state index contributed by atoms with van der Waals surface area (Å²) in [5.74, 6) is -0.590. The van der Waals surface area contributed by atoms with Crippen molar-refractivity contribution >= 4 is 27.5 Å². The van der Waals surface area contributed by atoms with Crippen molar-refractivity contribution in [1.29, 1.82) is 0 Å². The maximum absolute atomic E-state index is 11.1. The third kappa shape index (κ3) is 2.11. The highest BCUT2D eigenvalue weighted by atomic mass is 32.1. The SMILES string of the molecule is O=C(O)c1ccncc1Oc1ncnc2ccsc12. The first kappa shape index (κ1) is 11.5. The summed E-state index contributed by atoms with van der Waals surface area (Å²) < 4.78 is 6.32. The largest absolute Gasteiger partial charge is 0.478 e. The molecule has 3 aromatic rings. The van der Waals surface area contributed by atoms with Crippen molar-refractivity contribution < 1.29 is 14.6 Å². The number of hydrogen-bond acceptors (Lipinski definition) is 6. The Hall–Kier alpha value is -2.54. The first-order valence-corrected chi connectivity index (χ1v) is 6.17. The summed E-state index contributed by atoms with van der Waals surface area (Å²) in [4.78, 5) is 23.1. The van der Waals surface area contributed by atoms with E-state index in [0.717, 1.165) is 10.2 Å². The van der Waals surface area contributed by atoms with E-state index < -0.39 is 5.97 Å². The van der Waals surface area contributed by atoms with Crippen LogP contribution >= 0.6 is 11.3 Å². The molecule has 0 atom stereocenters. The van der Waals surface area contributed by atoms with Gasteiger partial charge in [0.05, 0.1) is 11.7 Å². The lowest BCUT2D eigenvalue weighted by molar-refractivity contribution is 0.0694. The second-order valence-electron chi connectivity index (χ2n) is 3.59. The molecule has 0 aliphatic heterocycles. The van der Waals surface area contributed by atoms with Crippen molar-refractivity contribution in [3.63, 3.8) is 0 Å². The number of aromatic nitrogens is 3. The van der Waals surface area contributed by atoms with Crippen LogP contribution in [0.15, 0.2) is 36.2 Å². The highest BCUT2D eigenvalue weighted by Gasteiger charge is 2.14. The van der Waals surface area contributed by atoms with Gasteiger partial charge in [-0.1, -0.05) is 0 Å². The van der Waals surface area contributed by atoms with Crippen LogP contribution in [0.3, 0.4) is 0 Å². The van der Waals surface area contributed by atoms with Crippen LogP contribution in [0.2, 0.25) is 0 Å². The van der Waals surface area contributed by atoms with Crippen molar-refractivity contribution in [1.82, 2.24) is 15.0 Å². The van der Waals surface area contributed by atoms with Crippen molar-refractivity contribution in [3.8, 4) is 11.6 Å². The Bertz CT molecular complexity index is 757. The molecule has 3 rings (SSSR count). The first-order chi connectivity index (χ1) is 9.25. The van der Waals surface area contributed by atoms with Gasteiger partial charge in [0.15, 0.2) is 5.75 Å². The van der Waals surface area contributed by atoms with Gasteiger partial charge in [0.1, 0.15) is 16.6 Å². The highest BCUT2D eigenvalue weighted by Crippen LogP contribution is 2.31. The number of hydrogen-bond donors (Lipinski definition) is 1. The molecule has 0 aromatic carbocycles. The molecule has 0 saturated heterocycles. The van der Waals surface area contributed by atoms with Gasteiger partial charge in [0.2, 0.25) is 5.88 Å². The Morgan fingerprint density at radius 2 is 2.21 bits per heavy atom. The molecular weight excluding hydrogens is 266 g/mol. The fourth-order valence-electron chi connectivity index (χ4n) is 1.58. The van der Waals surface area contributed by atoms with E-state index in [4.69, 9.17) is 9.84 Å². The highest BCUT2D eigenvalue weighted by molar-refractivity contribution is 7.17. The molecule has 0 spiro atoms. The standard InChI is InChI=1S/C12H7N3O3S/c16-12(17)7-1-3-13-5-9(7)18-11-10-8(2-4-19-10)14-6-15-11/h1-6H,(H,16,17). The summed E-state index contributed by atoms with van der Waals surface area (Å²) in [6, 6.07) is 3.22. The van der Waals surface area contributed by atoms with Crippen LogP contribution in [0.1, 0.15) is 10.4 Å². The van der Waals surface area contributed by atoms with Gasteiger partial charge in [-0.3, -0.25) is 4.98 Å². The van der Waals surface area contributed by atoms with E-state index in [0.29, 0.717) is 5.88 Å². The fraction of sp³-hybridized carbons (Fsp3) is 0. The van der Waals surface area contributed by atoms with Gasteiger partial charge < -0.3 is 9.84 Å². The minimum absolute atomic E-state index is 0.0401. The van der Waals surface area contributed by atoms with Gasteiger partial charge in [-0.2, -0.15) is 0 Å². The van der Waals surface area contributed by atoms with Crippen LogP contribution in [0.4, 0.5) is 0 Å². The minimum Gasteiger partial charge on any atom is -0.478 e. The van der Waals surface area contributed by atoms with Crippen molar-refractivity contribution in [2.75, 3.05) is 0 Å². The molecule has 0 fully saturated rings. The van der Waals surface area contributed by atoms with Gasteiger partial charge in [-0.15, -0.1) is 11.3 Å². The number of carbonyl (C=O) groups is 1.